The van der Waals surface area contributed by atoms with Crippen molar-refractivity contribution in [1.82, 2.24) is 10.2 Å². The van der Waals surface area contributed by atoms with Crippen LogP contribution in [0.2, 0.25) is 0 Å². The van der Waals surface area contributed by atoms with E-state index in [1.807, 2.05) is 0 Å². The van der Waals surface area contributed by atoms with Gasteiger partial charge in [0.15, 0.2) is 0 Å². The van der Waals surface area contributed by atoms with Crippen LogP contribution in [0.4, 0.5) is 0 Å². The van der Waals surface area contributed by atoms with E-state index in [-0.39, 0.29) is 0 Å². The van der Waals surface area contributed by atoms with Gasteiger partial charge < -0.3 is 5.32 Å². The number of hydrogen-bond acceptors (Lipinski definition) is 2. The summed E-state index contributed by atoms with van der Waals surface area (Å²) in [6, 6.07) is 2.24. The lowest BCUT2D eigenvalue weighted by Crippen LogP contribution is -2.59. The fraction of sp³-hybridized carbons (Fsp3) is 1.00. The maximum atomic E-state index is 3.70. The van der Waals surface area contributed by atoms with E-state index >= 15 is 0 Å². The first-order valence-electron chi connectivity index (χ1n) is 7.38. The Balaban J connectivity index is 1.99. The van der Waals surface area contributed by atoms with Crippen LogP contribution in [-0.4, -0.2) is 36.1 Å². The van der Waals surface area contributed by atoms with E-state index < -0.39 is 0 Å². The Hall–Kier alpha value is -0.0800. The first-order chi connectivity index (χ1) is 7.89. The van der Waals surface area contributed by atoms with Crippen molar-refractivity contribution >= 4 is 0 Å². The largest absolute Gasteiger partial charge is 0.311 e. The SMILES string of the molecule is CC(C)C1CN(C2CCC(C)(C)C2)C(C)CN1. The molecule has 0 bridgehead atoms. The molecule has 1 heterocycles. The predicted octanol–water partition coefficient (Wildman–Crippen LogP) is 2.88. The van der Waals surface area contributed by atoms with Crippen LogP contribution in [0.3, 0.4) is 0 Å². The average molecular weight is 238 g/mol. The van der Waals surface area contributed by atoms with Crippen LogP contribution in [0.5, 0.6) is 0 Å². The van der Waals surface area contributed by atoms with Crippen molar-refractivity contribution in [2.75, 3.05) is 13.1 Å². The third kappa shape index (κ3) is 3.03. The molecule has 0 radical (unpaired) electrons. The Kier molecular flexibility index (Phi) is 3.84. The second-order valence-electron chi connectivity index (χ2n) is 7.37. The molecular weight excluding hydrogens is 208 g/mol. The topological polar surface area (TPSA) is 15.3 Å². The molecule has 2 nitrogen and oxygen atoms in total. The summed E-state index contributed by atoms with van der Waals surface area (Å²) in [7, 11) is 0. The second-order valence-corrected chi connectivity index (χ2v) is 7.37. The van der Waals surface area contributed by atoms with Crippen LogP contribution in [0, 0.1) is 11.3 Å². The van der Waals surface area contributed by atoms with Gasteiger partial charge in [0.1, 0.15) is 0 Å². The van der Waals surface area contributed by atoms with Gasteiger partial charge in [-0.15, -0.1) is 0 Å². The zero-order valence-electron chi connectivity index (χ0n) is 12.3. The molecule has 1 saturated carbocycles. The maximum Gasteiger partial charge on any atom is 0.0218 e. The standard InChI is InChI=1S/C15H30N2/c1-11(2)14-10-17(12(3)9-16-14)13-6-7-15(4,5)8-13/h11-14,16H,6-10H2,1-5H3. The highest BCUT2D eigenvalue weighted by atomic mass is 15.3. The van der Waals surface area contributed by atoms with Crippen LogP contribution in [-0.2, 0) is 0 Å². The van der Waals surface area contributed by atoms with Gasteiger partial charge in [-0.05, 0) is 37.5 Å². The molecule has 3 atom stereocenters. The molecule has 100 valence electrons. The second kappa shape index (κ2) is 4.89. The Morgan fingerprint density at radius 3 is 2.53 bits per heavy atom. The van der Waals surface area contributed by atoms with Crippen LogP contribution < -0.4 is 5.32 Å². The molecule has 2 rings (SSSR count). The number of nitrogens with one attached hydrogen (secondary N) is 1. The van der Waals surface area contributed by atoms with Crippen molar-refractivity contribution in [2.24, 2.45) is 11.3 Å². The molecule has 1 aliphatic carbocycles. The molecule has 0 amide bonds. The smallest absolute Gasteiger partial charge is 0.0218 e. The molecule has 0 aromatic carbocycles. The van der Waals surface area contributed by atoms with Crippen LogP contribution >= 0.6 is 0 Å². The summed E-state index contributed by atoms with van der Waals surface area (Å²) in [6.07, 6.45) is 4.20. The van der Waals surface area contributed by atoms with Crippen molar-refractivity contribution in [2.45, 2.75) is 72.0 Å². The zero-order chi connectivity index (χ0) is 12.6. The number of hydrogen-bond donors (Lipinski definition) is 1. The van der Waals surface area contributed by atoms with Gasteiger partial charge in [0.05, 0.1) is 0 Å². The Bertz CT molecular complexity index is 260. The Morgan fingerprint density at radius 2 is 2.00 bits per heavy atom. The van der Waals surface area contributed by atoms with E-state index in [9.17, 15) is 0 Å². The third-order valence-corrected chi connectivity index (χ3v) is 4.87. The predicted molar refractivity (Wildman–Crippen MR) is 74.2 cm³/mol. The van der Waals surface area contributed by atoms with Crippen LogP contribution in [0.25, 0.3) is 0 Å². The molecule has 1 N–H and O–H groups in total. The average Bonchev–Trinajstić information content (AvgIpc) is 2.59. The highest BCUT2D eigenvalue weighted by Crippen LogP contribution is 2.40. The first kappa shape index (κ1) is 13.4. The van der Waals surface area contributed by atoms with Crippen molar-refractivity contribution < 1.29 is 0 Å². The van der Waals surface area contributed by atoms with Gasteiger partial charge in [-0.1, -0.05) is 27.7 Å². The number of nitrogens with zero attached hydrogens (tertiary/aromatic N) is 1. The number of piperazine rings is 1. The van der Waals surface area contributed by atoms with Gasteiger partial charge in [-0.25, -0.2) is 0 Å². The maximum absolute atomic E-state index is 3.70. The normalized spacial score (nSPS) is 38.8. The van der Waals surface area contributed by atoms with E-state index in [4.69, 9.17) is 0 Å². The molecule has 0 aromatic rings. The third-order valence-electron chi connectivity index (χ3n) is 4.87. The summed E-state index contributed by atoms with van der Waals surface area (Å²) in [6.45, 7) is 14.3. The lowest BCUT2D eigenvalue weighted by atomic mass is 9.91. The van der Waals surface area contributed by atoms with Gasteiger partial charge in [-0.2, -0.15) is 0 Å². The van der Waals surface area contributed by atoms with Crippen molar-refractivity contribution in [3.63, 3.8) is 0 Å². The molecule has 0 spiro atoms. The minimum atomic E-state index is 0.572. The summed E-state index contributed by atoms with van der Waals surface area (Å²) in [5.74, 6) is 0.749. The molecule has 2 heteroatoms. The van der Waals surface area contributed by atoms with E-state index in [1.165, 1.54) is 32.4 Å². The fourth-order valence-corrected chi connectivity index (χ4v) is 3.55. The molecular formula is C15H30N2. The van der Waals surface area contributed by atoms with Crippen LogP contribution in [0.15, 0.2) is 0 Å². The first-order valence-corrected chi connectivity index (χ1v) is 7.38. The molecule has 17 heavy (non-hydrogen) atoms. The Labute approximate surface area is 107 Å². The summed E-state index contributed by atoms with van der Waals surface area (Å²) in [5, 5.41) is 3.70. The summed E-state index contributed by atoms with van der Waals surface area (Å²) in [4.78, 5) is 2.79. The highest BCUT2D eigenvalue weighted by molar-refractivity contribution is 4.94. The van der Waals surface area contributed by atoms with Gasteiger partial charge in [-0.3, -0.25) is 4.90 Å². The highest BCUT2D eigenvalue weighted by Gasteiger charge is 2.38. The lowest BCUT2D eigenvalue weighted by molar-refractivity contribution is 0.0757. The molecule has 0 aromatic heterocycles. The summed E-state index contributed by atoms with van der Waals surface area (Å²) < 4.78 is 0. The van der Waals surface area contributed by atoms with E-state index in [0.29, 0.717) is 17.5 Å². The fourth-order valence-electron chi connectivity index (χ4n) is 3.55. The molecule has 1 saturated heterocycles. The van der Waals surface area contributed by atoms with Crippen molar-refractivity contribution in [3.05, 3.63) is 0 Å². The number of rotatable bonds is 2. The van der Waals surface area contributed by atoms with Crippen molar-refractivity contribution in [3.8, 4) is 0 Å². The summed E-state index contributed by atoms with van der Waals surface area (Å²) >= 11 is 0. The molecule has 2 aliphatic rings. The Morgan fingerprint density at radius 1 is 1.29 bits per heavy atom. The monoisotopic (exact) mass is 238 g/mol. The summed E-state index contributed by atoms with van der Waals surface area (Å²) in [5.41, 5.74) is 0.572. The van der Waals surface area contributed by atoms with Crippen molar-refractivity contribution in [1.29, 1.82) is 0 Å². The quantitative estimate of drug-likeness (QED) is 0.796. The molecule has 2 fully saturated rings. The lowest BCUT2D eigenvalue weighted by Gasteiger charge is -2.44. The van der Waals surface area contributed by atoms with E-state index in [2.05, 4.69) is 44.8 Å². The van der Waals surface area contributed by atoms with Gasteiger partial charge in [0, 0.05) is 31.2 Å². The molecule has 3 unspecified atom stereocenters. The van der Waals surface area contributed by atoms with E-state index in [0.717, 1.165) is 12.0 Å². The minimum Gasteiger partial charge on any atom is -0.311 e. The van der Waals surface area contributed by atoms with Gasteiger partial charge >= 0.3 is 0 Å². The van der Waals surface area contributed by atoms with Gasteiger partial charge in [0.25, 0.3) is 0 Å². The van der Waals surface area contributed by atoms with Gasteiger partial charge in [0.2, 0.25) is 0 Å². The minimum absolute atomic E-state index is 0.572. The zero-order valence-corrected chi connectivity index (χ0v) is 12.3. The molecule has 1 aliphatic heterocycles. The van der Waals surface area contributed by atoms with E-state index in [1.54, 1.807) is 0 Å². The van der Waals surface area contributed by atoms with Crippen LogP contribution in [0.1, 0.15) is 53.9 Å².